The fraction of sp³-hybridized carbons (Fsp3) is 0.500. The van der Waals surface area contributed by atoms with Crippen molar-refractivity contribution in [1.82, 2.24) is 19.7 Å². The fourth-order valence-corrected chi connectivity index (χ4v) is 3.20. The number of hydrogen-bond acceptors (Lipinski definition) is 4. The van der Waals surface area contributed by atoms with Crippen LogP contribution in [0.2, 0.25) is 0 Å². The van der Waals surface area contributed by atoms with Crippen LogP contribution in [0.4, 0.5) is 0 Å². The molecule has 1 aromatic heterocycles. The van der Waals surface area contributed by atoms with Crippen molar-refractivity contribution in [3.05, 3.63) is 42.0 Å². The summed E-state index contributed by atoms with van der Waals surface area (Å²) in [6.45, 7) is 5.82. The highest BCUT2D eigenvalue weighted by atomic mass is 16.5. The lowest BCUT2D eigenvalue weighted by atomic mass is 10.0. The number of benzene rings is 1. The van der Waals surface area contributed by atoms with Crippen LogP contribution in [0, 0.1) is 5.92 Å². The molecule has 6 nitrogen and oxygen atoms in total. The number of carbonyl (C=O) groups is 1. The molecular weight excluding hydrogens is 304 g/mol. The van der Waals surface area contributed by atoms with Gasteiger partial charge in [-0.25, -0.2) is 0 Å². The van der Waals surface area contributed by atoms with E-state index in [2.05, 4.69) is 28.6 Å². The first-order chi connectivity index (χ1) is 11.6. The van der Waals surface area contributed by atoms with Crippen molar-refractivity contribution in [2.45, 2.75) is 32.7 Å². The van der Waals surface area contributed by atoms with Gasteiger partial charge in [0.25, 0.3) is 5.91 Å². The maximum atomic E-state index is 12.6. The summed E-state index contributed by atoms with van der Waals surface area (Å²) in [5.74, 6) is 2.30. The second kappa shape index (κ2) is 7.03. The van der Waals surface area contributed by atoms with Crippen molar-refractivity contribution in [3.63, 3.8) is 0 Å². The van der Waals surface area contributed by atoms with Gasteiger partial charge in [-0.3, -0.25) is 4.79 Å². The van der Waals surface area contributed by atoms with Crippen molar-refractivity contribution >= 4 is 5.91 Å². The van der Waals surface area contributed by atoms with E-state index in [4.69, 9.17) is 4.74 Å². The summed E-state index contributed by atoms with van der Waals surface area (Å²) in [7, 11) is 1.62. The van der Waals surface area contributed by atoms with Crippen molar-refractivity contribution in [2.75, 3.05) is 20.2 Å². The quantitative estimate of drug-likeness (QED) is 0.846. The van der Waals surface area contributed by atoms with Gasteiger partial charge in [0.1, 0.15) is 17.9 Å². The molecule has 1 aromatic carbocycles. The Labute approximate surface area is 142 Å². The molecule has 128 valence electrons. The Morgan fingerprint density at radius 2 is 2.08 bits per heavy atom. The first-order valence-electron chi connectivity index (χ1n) is 8.40. The molecule has 0 bridgehead atoms. The molecule has 24 heavy (non-hydrogen) atoms. The van der Waals surface area contributed by atoms with E-state index in [0.29, 0.717) is 17.5 Å². The van der Waals surface area contributed by atoms with E-state index in [1.807, 2.05) is 29.2 Å². The summed E-state index contributed by atoms with van der Waals surface area (Å²) >= 11 is 0. The molecule has 0 saturated carbocycles. The number of hydrogen-bond donors (Lipinski definition) is 0. The van der Waals surface area contributed by atoms with Gasteiger partial charge in [0.2, 0.25) is 0 Å². The van der Waals surface area contributed by atoms with E-state index in [9.17, 15) is 4.79 Å². The largest absolute Gasteiger partial charge is 0.497 e. The van der Waals surface area contributed by atoms with Crippen molar-refractivity contribution in [3.8, 4) is 5.75 Å². The lowest BCUT2D eigenvalue weighted by Gasteiger charge is -2.17. The molecule has 3 rings (SSSR count). The number of ether oxygens (including phenoxy) is 1. The van der Waals surface area contributed by atoms with Crippen LogP contribution >= 0.6 is 0 Å². The third kappa shape index (κ3) is 3.42. The Morgan fingerprint density at radius 1 is 1.33 bits per heavy atom. The molecule has 1 fully saturated rings. The molecule has 1 unspecified atom stereocenters. The Bertz CT molecular complexity index is 693. The second-order valence-corrected chi connectivity index (χ2v) is 6.59. The third-order valence-corrected chi connectivity index (χ3v) is 4.58. The highest BCUT2D eigenvalue weighted by Crippen LogP contribution is 2.23. The van der Waals surface area contributed by atoms with Crippen LogP contribution in [0.1, 0.15) is 42.5 Å². The van der Waals surface area contributed by atoms with E-state index < -0.39 is 0 Å². The molecular formula is C18H24N4O2. The second-order valence-electron chi connectivity index (χ2n) is 6.59. The van der Waals surface area contributed by atoms with E-state index in [-0.39, 0.29) is 5.91 Å². The van der Waals surface area contributed by atoms with Crippen LogP contribution in [-0.4, -0.2) is 45.8 Å². The Morgan fingerprint density at radius 3 is 2.75 bits per heavy atom. The van der Waals surface area contributed by atoms with Gasteiger partial charge in [-0.05, 0) is 50.5 Å². The van der Waals surface area contributed by atoms with Crippen LogP contribution in [0.25, 0.3) is 0 Å². The average molecular weight is 328 g/mol. The standard InChI is InChI=1S/C18H24N4O2/c1-13(2)22-12-19-20-17(22)10-14-8-9-21(11-14)18(23)15-4-6-16(24-3)7-5-15/h4-7,12-14H,8-11H2,1-3H3. The molecule has 1 aliphatic heterocycles. The number of likely N-dealkylation sites (tertiary alicyclic amines) is 1. The number of methoxy groups -OCH3 is 1. The van der Waals surface area contributed by atoms with Crippen LogP contribution in [0.15, 0.2) is 30.6 Å². The predicted molar refractivity (Wildman–Crippen MR) is 91.1 cm³/mol. The van der Waals surface area contributed by atoms with Gasteiger partial charge in [0.05, 0.1) is 7.11 Å². The van der Waals surface area contributed by atoms with Gasteiger partial charge in [-0.2, -0.15) is 0 Å². The smallest absolute Gasteiger partial charge is 0.253 e. The number of carbonyl (C=O) groups excluding carboxylic acids is 1. The molecule has 2 aromatic rings. The molecule has 0 N–H and O–H groups in total. The first kappa shape index (κ1) is 16.5. The summed E-state index contributed by atoms with van der Waals surface area (Å²) in [6, 6.07) is 7.65. The minimum absolute atomic E-state index is 0.0884. The monoisotopic (exact) mass is 328 g/mol. The van der Waals surface area contributed by atoms with Crippen molar-refractivity contribution < 1.29 is 9.53 Å². The average Bonchev–Trinajstić information content (AvgIpc) is 3.24. The zero-order chi connectivity index (χ0) is 17.1. The molecule has 0 aliphatic carbocycles. The first-order valence-corrected chi connectivity index (χ1v) is 8.40. The van der Waals surface area contributed by atoms with Crippen LogP contribution in [0.5, 0.6) is 5.75 Å². The Balaban J connectivity index is 1.62. The van der Waals surface area contributed by atoms with E-state index in [0.717, 1.165) is 37.5 Å². The Hall–Kier alpha value is -2.37. The van der Waals surface area contributed by atoms with Crippen LogP contribution < -0.4 is 4.74 Å². The third-order valence-electron chi connectivity index (χ3n) is 4.58. The summed E-state index contributed by atoms with van der Waals surface area (Å²) in [5, 5.41) is 8.27. The highest BCUT2D eigenvalue weighted by Gasteiger charge is 2.28. The van der Waals surface area contributed by atoms with Crippen molar-refractivity contribution in [1.29, 1.82) is 0 Å². The molecule has 6 heteroatoms. The molecule has 0 radical (unpaired) electrons. The zero-order valence-corrected chi connectivity index (χ0v) is 14.5. The molecule has 1 amide bonds. The predicted octanol–water partition coefficient (Wildman–Crippen LogP) is 2.57. The molecule has 2 heterocycles. The lowest BCUT2D eigenvalue weighted by Crippen LogP contribution is -2.29. The highest BCUT2D eigenvalue weighted by molar-refractivity contribution is 5.94. The summed E-state index contributed by atoms with van der Waals surface area (Å²) < 4.78 is 7.25. The zero-order valence-electron chi connectivity index (χ0n) is 14.5. The maximum absolute atomic E-state index is 12.6. The number of nitrogens with zero attached hydrogens (tertiary/aromatic N) is 4. The molecule has 1 saturated heterocycles. The lowest BCUT2D eigenvalue weighted by molar-refractivity contribution is 0.0787. The van der Waals surface area contributed by atoms with Gasteiger partial charge in [0.15, 0.2) is 0 Å². The molecule has 0 spiro atoms. The topological polar surface area (TPSA) is 60.2 Å². The van der Waals surface area contributed by atoms with Crippen molar-refractivity contribution in [2.24, 2.45) is 5.92 Å². The normalized spacial score (nSPS) is 17.5. The van der Waals surface area contributed by atoms with E-state index in [1.54, 1.807) is 13.4 Å². The number of aromatic nitrogens is 3. The van der Waals surface area contributed by atoms with Gasteiger partial charge in [0, 0.05) is 31.1 Å². The molecule has 1 aliphatic rings. The fourth-order valence-electron chi connectivity index (χ4n) is 3.20. The molecule has 1 atom stereocenters. The van der Waals surface area contributed by atoms with Crippen LogP contribution in [-0.2, 0) is 6.42 Å². The van der Waals surface area contributed by atoms with Gasteiger partial charge >= 0.3 is 0 Å². The maximum Gasteiger partial charge on any atom is 0.253 e. The summed E-state index contributed by atoms with van der Waals surface area (Å²) in [5.41, 5.74) is 0.710. The van der Waals surface area contributed by atoms with Crippen LogP contribution in [0.3, 0.4) is 0 Å². The number of amides is 1. The SMILES string of the molecule is COc1ccc(C(=O)N2CCC(Cc3nncn3C(C)C)C2)cc1. The van der Waals surface area contributed by atoms with E-state index in [1.165, 1.54) is 0 Å². The minimum atomic E-state index is 0.0884. The van der Waals surface area contributed by atoms with E-state index >= 15 is 0 Å². The van der Waals surface area contributed by atoms with Gasteiger partial charge in [-0.15, -0.1) is 10.2 Å². The summed E-state index contributed by atoms with van der Waals surface area (Å²) in [4.78, 5) is 14.6. The number of rotatable bonds is 5. The Kier molecular flexibility index (Phi) is 4.83. The summed E-state index contributed by atoms with van der Waals surface area (Å²) in [6.07, 6.45) is 3.66. The minimum Gasteiger partial charge on any atom is -0.497 e. The van der Waals surface area contributed by atoms with Gasteiger partial charge < -0.3 is 14.2 Å². The van der Waals surface area contributed by atoms with Gasteiger partial charge in [-0.1, -0.05) is 0 Å².